The molecule has 1 atom stereocenters. The van der Waals surface area contributed by atoms with Crippen LogP contribution in [0.25, 0.3) is 0 Å². The maximum absolute atomic E-state index is 5.93. The highest BCUT2D eigenvalue weighted by atomic mass is 79.9. The van der Waals surface area contributed by atoms with Gasteiger partial charge in [0, 0.05) is 29.1 Å². The van der Waals surface area contributed by atoms with E-state index in [4.69, 9.17) is 11.6 Å². The third kappa shape index (κ3) is 3.12. The molecule has 1 rings (SSSR count). The van der Waals surface area contributed by atoms with Crippen LogP contribution in [0.1, 0.15) is 25.8 Å². The Morgan fingerprint density at radius 3 is 2.67 bits per heavy atom. The molecule has 0 aliphatic heterocycles. The molecule has 0 aliphatic rings. The zero-order chi connectivity index (χ0) is 11.4. The van der Waals surface area contributed by atoms with E-state index < -0.39 is 0 Å². The van der Waals surface area contributed by atoms with E-state index >= 15 is 0 Å². The van der Waals surface area contributed by atoms with Crippen molar-refractivity contribution in [2.24, 2.45) is 0 Å². The van der Waals surface area contributed by atoms with Gasteiger partial charge in [0.05, 0.1) is 0 Å². The van der Waals surface area contributed by atoms with Gasteiger partial charge in [0.1, 0.15) is 0 Å². The van der Waals surface area contributed by atoms with E-state index in [0.29, 0.717) is 11.9 Å². The lowest BCUT2D eigenvalue weighted by Gasteiger charge is -2.28. The lowest BCUT2D eigenvalue weighted by molar-refractivity contribution is 0.662. The molecule has 1 aromatic rings. The van der Waals surface area contributed by atoms with Crippen molar-refractivity contribution in [2.75, 3.05) is 11.9 Å². The van der Waals surface area contributed by atoms with Crippen molar-refractivity contribution in [3.05, 3.63) is 28.2 Å². The second-order valence-electron chi connectivity index (χ2n) is 3.77. The minimum absolute atomic E-state index is 0.529. The van der Waals surface area contributed by atoms with Gasteiger partial charge in [0.15, 0.2) is 0 Å². The molecule has 0 aromatic heterocycles. The van der Waals surface area contributed by atoms with Crippen LogP contribution < -0.4 is 4.90 Å². The predicted octanol–water partition coefficient (Wildman–Crippen LogP) is 4.42. The summed E-state index contributed by atoms with van der Waals surface area (Å²) in [6, 6.07) is 6.77. The highest BCUT2D eigenvalue weighted by Crippen LogP contribution is 2.27. The fraction of sp³-hybridized carbons (Fsp3) is 0.500. The zero-order valence-corrected chi connectivity index (χ0v) is 11.8. The highest BCUT2D eigenvalue weighted by Gasteiger charge is 2.11. The summed E-state index contributed by atoms with van der Waals surface area (Å²) in [6.07, 6.45) is 1.13. The van der Waals surface area contributed by atoms with Gasteiger partial charge in [0.2, 0.25) is 0 Å². The topological polar surface area (TPSA) is 3.24 Å². The minimum atomic E-state index is 0.529. The first-order valence-electron chi connectivity index (χ1n) is 5.17. The molecule has 0 radical (unpaired) electrons. The van der Waals surface area contributed by atoms with Crippen LogP contribution in [-0.2, 0) is 5.88 Å². The van der Waals surface area contributed by atoms with Crippen LogP contribution in [0.15, 0.2) is 22.7 Å². The van der Waals surface area contributed by atoms with Gasteiger partial charge >= 0.3 is 0 Å². The van der Waals surface area contributed by atoms with Gasteiger partial charge in [-0.15, -0.1) is 11.6 Å². The first-order valence-corrected chi connectivity index (χ1v) is 6.50. The van der Waals surface area contributed by atoms with Crippen LogP contribution in [0.2, 0.25) is 0 Å². The summed E-state index contributed by atoms with van der Waals surface area (Å²) in [7, 11) is 2.12. The van der Waals surface area contributed by atoms with Gasteiger partial charge in [-0.05, 0) is 31.0 Å². The Balaban J connectivity index is 3.05. The van der Waals surface area contributed by atoms with E-state index in [1.807, 2.05) is 6.07 Å². The fourth-order valence-electron chi connectivity index (χ4n) is 1.49. The molecule has 0 N–H and O–H groups in total. The summed E-state index contributed by atoms with van der Waals surface area (Å²) in [4.78, 5) is 2.28. The SMILES string of the molecule is CCC(C)N(C)c1cc(Br)ccc1CCl. The van der Waals surface area contributed by atoms with Crippen LogP contribution in [0, 0.1) is 0 Å². The molecule has 0 aliphatic carbocycles. The maximum Gasteiger partial charge on any atom is 0.0494 e. The van der Waals surface area contributed by atoms with Crippen LogP contribution in [0.3, 0.4) is 0 Å². The zero-order valence-electron chi connectivity index (χ0n) is 9.43. The van der Waals surface area contributed by atoms with Crippen LogP contribution in [0.4, 0.5) is 5.69 Å². The Hall–Kier alpha value is -0.210. The van der Waals surface area contributed by atoms with Gasteiger partial charge in [0.25, 0.3) is 0 Å². The first-order chi connectivity index (χ1) is 7.10. The number of halogens is 2. The molecule has 0 saturated carbocycles. The van der Waals surface area contributed by atoms with Crippen molar-refractivity contribution in [3.63, 3.8) is 0 Å². The number of rotatable bonds is 4. The first kappa shape index (κ1) is 12.9. The van der Waals surface area contributed by atoms with E-state index in [-0.39, 0.29) is 0 Å². The lowest BCUT2D eigenvalue weighted by atomic mass is 10.1. The van der Waals surface area contributed by atoms with E-state index in [1.165, 1.54) is 11.3 Å². The lowest BCUT2D eigenvalue weighted by Crippen LogP contribution is -2.28. The molecule has 1 nitrogen and oxygen atoms in total. The summed E-state index contributed by atoms with van der Waals surface area (Å²) < 4.78 is 1.10. The standard InChI is InChI=1S/C12H17BrClN/c1-4-9(2)15(3)12-7-11(13)6-5-10(12)8-14/h5-7,9H,4,8H2,1-3H3. The second kappa shape index (κ2) is 5.76. The molecule has 0 heterocycles. The van der Waals surface area contributed by atoms with Crippen molar-refractivity contribution < 1.29 is 0 Å². The molecule has 84 valence electrons. The average Bonchev–Trinajstić information content (AvgIpc) is 2.27. The minimum Gasteiger partial charge on any atom is -0.372 e. The van der Waals surface area contributed by atoms with Crippen LogP contribution >= 0.6 is 27.5 Å². The number of anilines is 1. The summed E-state index contributed by atoms with van der Waals surface area (Å²) in [5, 5.41) is 0. The van der Waals surface area contributed by atoms with Gasteiger partial charge in [-0.1, -0.05) is 28.9 Å². The quantitative estimate of drug-likeness (QED) is 0.742. The van der Waals surface area contributed by atoms with Gasteiger partial charge in [-0.25, -0.2) is 0 Å². The normalized spacial score (nSPS) is 12.6. The Kier molecular flexibility index (Phi) is 4.94. The van der Waals surface area contributed by atoms with Crippen LogP contribution in [-0.4, -0.2) is 13.1 Å². The molecule has 1 unspecified atom stereocenters. The largest absolute Gasteiger partial charge is 0.372 e. The molecule has 0 spiro atoms. The smallest absolute Gasteiger partial charge is 0.0494 e. The van der Waals surface area contributed by atoms with Crippen molar-refractivity contribution in [2.45, 2.75) is 32.2 Å². The Morgan fingerprint density at radius 2 is 2.13 bits per heavy atom. The molecule has 15 heavy (non-hydrogen) atoms. The van der Waals surface area contributed by atoms with Crippen molar-refractivity contribution in [1.82, 2.24) is 0 Å². The van der Waals surface area contributed by atoms with E-state index in [0.717, 1.165) is 10.9 Å². The number of nitrogens with zero attached hydrogens (tertiary/aromatic N) is 1. The molecule has 1 aromatic carbocycles. The summed E-state index contributed by atoms with van der Waals surface area (Å²) in [5.74, 6) is 0.559. The molecule has 0 saturated heterocycles. The highest BCUT2D eigenvalue weighted by molar-refractivity contribution is 9.10. The fourth-order valence-corrected chi connectivity index (χ4v) is 2.06. The molecule has 3 heteroatoms. The third-order valence-corrected chi connectivity index (χ3v) is 3.60. The van der Waals surface area contributed by atoms with Crippen LogP contribution in [0.5, 0.6) is 0 Å². The molecule has 0 fully saturated rings. The van der Waals surface area contributed by atoms with Gasteiger partial charge in [-0.3, -0.25) is 0 Å². The van der Waals surface area contributed by atoms with Gasteiger partial charge < -0.3 is 4.90 Å². The summed E-state index contributed by atoms with van der Waals surface area (Å²) in [6.45, 7) is 4.42. The van der Waals surface area contributed by atoms with E-state index in [9.17, 15) is 0 Å². The summed E-state index contributed by atoms with van der Waals surface area (Å²) in [5.41, 5.74) is 2.40. The number of hydrogen-bond donors (Lipinski definition) is 0. The molecule has 0 amide bonds. The van der Waals surface area contributed by atoms with Crippen molar-refractivity contribution in [3.8, 4) is 0 Å². The number of alkyl halides is 1. The van der Waals surface area contributed by atoms with E-state index in [2.05, 4.69) is 53.9 Å². The van der Waals surface area contributed by atoms with Gasteiger partial charge in [-0.2, -0.15) is 0 Å². The molecule has 0 bridgehead atoms. The number of benzene rings is 1. The molecular formula is C12H17BrClN. The Bertz CT molecular complexity index is 327. The monoisotopic (exact) mass is 289 g/mol. The van der Waals surface area contributed by atoms with E-state index in [1.54, 1.807) is 0 Å². The average molecular weight is 291 g/mol. The van der Waals surface area contributed by atoms with Crippen molar-refractivity contribution >= 4 is 33.2 Å². The maximum atomic E-state index is 5.93. The predicted molar refractivity (Wildman–Crippen MR) is 71.9 cm³/mol. The third-order valence-electron chi connectivity index (χ3n) is 2.82. The van der Waals surface area contributed by atoms with Crippen molar-refractivity contribution in [1.29, 1.82) is 0 Å². The second-order valence-corrected chi connectivity index (χ2v) is 4.96. The Morgan fingerprint density at radius 1 is 1.47 bits per heavy atom. The number of hydrogen-bond acceptors (Lipinski definition) is 1. The Labute approximate surface area is 106 Å². The molecular weight excluding hydrogens is 273 g/mol. The summed E-state index contributed by atoms with van der Waals surface area (Å²) >= 11 is 9.43.